The van der Waals surface area contributed by atoms with Crippen molar-refractivity contribution in [2.75, 3.05) is 0 Å². The van der Waals surface area contributed by atoms with Gasteiger partial charge in [-0.1, -0.05) is 23.9 Å². The summed E-state index contributed by atoms with van der Waals surface area (Å²) in [4.78, 5) is 11.9. The quantitative estimate of drug-likeness (QED) is 0.582. The second kappa shape index (κ2) is 5.30. The summed E-state index contributed by atoms with van der Waals surface area (Å²) >= 11 is 2.92. The molecule has 0 atom stereocenters. The topological polar surface area (TPSA) is 80.5 Å². The summed E-state index contributed by atoms with van der Waals surface area (Å²) in [6.07, 6.45) is 1.71. The van der Waals surface area contributed by atoms with E-state index in [1.54, 1.807) is 6.20 Å². The molecule has 3 heterocycles. The molecule has 0 aliphatic rings. The molecule has 1 aromatic carbocycles. The van der Waals surface area contributed by atoms with Gasteiger partial charge in [-0.25, -0.2) is 9.97 Å². The molecule has 0 amide bonds. The van der Waals surface area contributed by atoms with Crippen molar-refractivity contribution in [2.45, 2.75) is 11.0 Å². The Bertz CT molecular complexity index is 835. The van der Waals surface area contributed by atoms with E-state index in [0.29, 0.717) is 16.9 Å². The normalized spacial score (nSPS) is 11.2. The van der Waals surface area contributed by atoms with E-state index in [4.69, 9.17) is 4.42 Å². The Labute approximate surface area is 127 Å². The van der Waals surface area contributed by atoms with E-state index in [9.17, 15) is 0 Å². The van der Waals surface area contributed by atoms with Gasteiger partial charge in [-0.05, 0) is 12.1 Å². The van der Waals surface area contributed by atoms with Gasteiger partial charge in [0.2, 0.25) is 0 Å². The zero-order valence-corrected chi connectivity index (χ0v) is 12.3. The third kappa shape index (κ3) is 2.55. The minimum atomic E-state index is 0.456. The highest BCUT2D eigenvalue weighted by Gasteiger charge is 2.12. The maximum absolute atomic E-state index is 5.57. The van der Waals surface area contributed by atoms with Gasteiger partial charge in [0.25, 0.3) is 11.1 Å². The lowest BCUT2D eigenvalue weighted by molar-refractivity contribution is 0.465. The fourth-order valence-corrected chi connectivity index (χ4v) is 3.08. The van der Waals surface area contributed by atoms with Crippen molar-refractivity contribution in [3.63, 3.8) is 0 Å². The Kier molecular flexibility index (Phi) is 3.17. The molecule has 0 fully saturated rings. The highest BCUT2D eigenvalue weighted by atomic mass is 32.2. The van der Waals surface area contributed by atoms with Gasteiger partial charge in [0.15, 0.2) is 5.01 Å². The second-order valence-electron chi connectivity index (χ2n) is 4.20. The number of imidazole rings is 1. The van der Waals surface area contributed by atoms with E-state index in [1.807, 2.05) is 29.6 Å². The number of hydrogen-bond acceptors (Lipinski definition) is 7. The van der Waals surface area contributed by atoms with Gasteiger partial charge in [-0.3, -0.25) is 0 Å². The van der Waals surface area contributed by atoms with Crippen LogP contribution in [0.4, 0.5) is 0 Å². The van der Waals surface area contributed by atoms with Gasteiger partial charge in [-0.15, -0.1) is 21.5 Å². The predicted octanol–water partition coefficient (Wildman–Crippen LogP) is 3.36. The highest BCUT2D eigenvalue weighted by Crippen LogP contribution is 2.26. The van der Waals surface area contributed by atoms with Crippen LogP contribution in [-0.4, -0.2) is 25.1 Å². The third-order valence-corrected chi connectivity index (χ3v) is 4.38. The summed E-state index contributed by atoms with van der Waals surface area (Å²) in [7, 11) is 0. The molecule has 0 saturated carbocycles. The first-order valence-corrected chi connectivity index (χ1v) is 8.05. The Balaban J connectivity index is 1.49. The summed E-state index contributed by atoms with van der Waals surface area (Å²) in [5.74, 6) is 1.99. The van der Waals surface area contributed by atoms with Gasteiger partial charge in [0.1, 0.15) is 5.82 Å². The van der Waals surface area contributed by atoms with Gasteiger partial charge in [-0.2, -0.15) is 0 Å². The van der Waals surface area contributed by atoms with Crippen molar-refractivity contribution in [3.8, 4) is 10.9 Å². The molecule has 21 heavy (non-hydrogen) atoms. The van der Waals surface area contributed by atoms with Crippen LogP contribution >= 0.6 is 23.1 Å². The van der Waals surface area contributed by atoms with Gasteiger partial charge in [0, 0.05) is 11.6 Å². The third-order valence-electron chi connectivity index (χ3n) is 2.79. The summed E-state index contributed by atoms with van der Waals surface area (Å²) in [6.45, 7) is 0. The number of thiazole rings is 1. The Morgan fingerprint density at radius 2 is 2.19 bits per heavy atom. The van der Waals surface area contributed by atoms with Crippen molar-refractivity contribution in [1.82, 2.24) is 25.1 Å². The first-order chi connectivity index (χ1) is 10.4. The smallest absolute Gasteiger partial charge is 0.277 e. The Morgan fingerprint density at radius 1 is 1.24 bits per heavy atom. The van der Waals surface area contributed by atoms with Crippen LogP contribution in [0.1, 0.15) is 5.82 Å². The number of fused-ring (bicyclic) bond motifs is 1. The number of H-pyrrole nitrogens is 1. The number of thioether (sulfide) groups is 1. The predicted molar refractivity (Wildman–Crippen MR) is 81.1 cm³/mol. The minimum Gasteiger partial charge on any atom is -0.409 e. The molecule has 0 radical (unpaired) electrons. The SMILES string of the molecule is c1ccc2[nH]c(CSc3nnc(-c4nccs4)o3)nc2c1. The Hall–Kier alpha value is -2.19. The van der Waals surface area contributed by atoms with Crippen molar-refractivity contribution < 1.29 is 4.42 Å². The standard InChI is InChI=1S/C13H9N5OS2/c1-2-4-9-8(3-1)15-10(16-9)7-21-13-18-17-11(19-13)12-14-5-6-20-12/h1-6H,7H2,(H,15,16). The monoisotopic (exact) mass is 315 g/mol. The second-order valence-corrected chi connectivity index (χ2v) is 6.02. The highest BCUT2D eigenvalue weighted by molar-refractivity contribution is 7.98. The fraction of sp³-hybridized carbons (Fsp3) is 0.0769. The zero-order chi connectivity index (χ0) is 14.1. The summed E-state index contributed by atoms with van der Waals surface area (Å²) < 4.78 is 5.57. The van der Waals surface area contributed by atoms with Crippen molar-refractivity contribution >= 4 is 34.1 Å². The first-order valence-electron chi connectivity index (χ1n) is 6.18. The van der Waals surface area contributed by atoms with Crippen LogP contribution in [0.15, 0.2) is 45.5 Å². The van der Waals surface area contributed by atoms with Gasteiger partial charge >= 0.3 is 0 Å². The molecule has 0 aliphatic carbocycles. The fourth-order valence-electron chi connectivity index (χ4n) is 1.89. The van der Waals surface area contributed by atoms with Crippen LogP contribution in [0.5, 0.6) is 0 Å². The van der Waals surface area contributed by atoms with Crippen LogP contribution < -0.4 is 0 Å². The van der Waals surface area contributed by atoms with Crippen LogP contribution in [0, 0.1) is 0 Å². The molecule has 104 valence electrons. The molecule has 0 bridgehead atoms. The molecule has 0 unspecified atom stereocenters. The van der Waals surface area contributed by atoms with E-state index in [2.05, 4.69) is 25.1 Å². The lowest BCUT2D eigenvalue weighted by Gasteiger charge is -1.91. The number of aromatic nitrogens is 5. The molecule has 0 saturated heterocycles. The summed E-state index contributed by atoms with van der Waals surface area (Å²) in [5.41, 5.74) is 1.99. The van der Waals surface area contributed by atoms with Crippen LogP contribution in [0.25, 0.3) is 21.9 Å². The van der Waals surface area contributed by atoms with Gasteiger partial charge in [0.05, 0.1) is 16.8 Å². The van der Waals surface area contributed by atoms with E-state index in [1.165, 1.54) is 23.1 Å². The summed E-state index contributed by atoms with van der Waals surface area (Å²) in [5, 5.41) is 11.1. The van der Waals surface area contributed by atoms with E-state index in [0.717, 1.165) is 21.9 Å². The lowest BCUT2D eigenvalue weighted by Crippen LogP contribution is -1.83. The van der Waals surface area contributed by atoms with E-state index < -0.39 is 0 Å². The number of para-hydroxylation sites is 2. The Morgan fingerprint density at radius 3 is 3.05 bits per heavy atom. The van der Waals surface area contributed by atoms with Crippen LogP contribution in [0.3, 0.4) is 0 Å². The number of nitrogens with zero attached hydrogens (tertiary/aromatic N) is 4. The van der Waals surface area contributed by atoms with Crippen molar-refractivity contribution in [1.29, 1.82) is 0 Å². The van der Waals surface area contributed by atoms with E-state index >= 15 is 0 Å². The van der Waals surface area contributed by atoms with E-state index in [-0.39, 0.29) is 0 Å². The number of nitrogens with one attached hydrogen (secondary N) is 1. The lowest BCUT2D eigenvalue weighted by atomic mass is 10.3. The van der Waals surface area contributed by atoms with Crippen molar-refractivity contribution in [2.24, 2.45) is 0 Å². The molecule has 8 heteroatoms. The van der Waals surface area contributed by atoms with Crippen LogP contribution in [0.2, 0.25) is 0 Å². The minimum absolute atomic E-state index is 0.456. The van der Waals surface area contributed by atoms with Gasteiger partial charge < -0.3 is 9.40 Å². The molecular weight excluding hydrogens is 306 g/mol. The maximum atomic E-state index is 5.57. The number of aromatic amines is 1. The largest absolute Gasteiger partial charge is 0.409 e. The average Bonchev–Trinajstić information content (AvgIpc) is 3.23. The molecular formula is C13H9N5OS2. The molecule has 0 spiro atoms. The number of benzene rings is 1. The maximum Gasteiger partial charge on any atom is 0.277 e. The molecule has 6 nitrogen and oxygen atoms in total. The van der Waals surface area contributed by atoms with Crippen molar-refractivity contribution in [3.05, 3.63) is 41.7 Å². The first kappa shape index (κ1) is 12.5. The average molecular weight is 315 g/mol. The molecule has 4 rings (SSSR count). The summed E-state index contributed by atoms with van der Waals surface area (Å²) in [6, 6.07) is 7.94. The molecule has 1 N–H and O–H groups in total. The zero-order valence-electron chi connectivity index (χ0n) is 10.7. The number of rotatable bonds is 4. The molecule has 3 aromatic heterocycles. The molecule has 0 aliphatic heterocycles. The molecule has 4 aromatic rings. The number of hydrogen-bond donors (Lipinski definition) is 1. The van der Waals surface area contributed by atoms with Crippen LogP contribution in [-0.2, 0) is 5.75 Å².